The van der Waals surface area contributed by atoms with Gasteiger partial charge < -0.3 is 4.57 Å². The molecule has 0 bridgehead atoms. The number of fused-ring (bicyclic) bond motifs is 1. The van der Waals surface area contributed by atoms with Crippen molar-refractivity contribution in [2.24, 2.45) is 11.3 Å². The van der Waals surface area contributed by atoms with Gasteiger partial charge in [0.15, 0.2) is 0 Å². The van der Waals surface area contributed by atoms with Crippen molar-refractivity contribution >= 4 is 34.2 Å². The van der Waals surface area contributed by atoms with Crippen molar-refractivity contribution in [3.05, 3.63) is 28.8 Å². The summed E-state index contributed by atoms with van der Waals surface area (Å²) in [6.45, 7) is 5.39. The number of aromatic nitrogens is 2. The second-order valence-electron chi connectivity index (χ2n) is 6.22. The van der Waals surface area contributed by atoms with Crippen LogP contribution in [0.3, 0.4) is 0 Å². The number of alkyl halides is 1. The van der Waals surface area contributed by atoms with E-state index in [0.29, 0.717) is 23.6 Å². The van der Waals surface area contributed by atoms with E-state index < -0.39 is 5.82 Å². The molecule has 0 saturated heterocycles. The molecule has 108 valence electrons. The Labute approximate surface area is 127 Å². The molecule has 3 rings (SSSR count). The van der Waals surface area contributed by atoms with Crippen molar-refractivity contribution in [2.45, 2.75) is 33.2 Å². The van der Waals surface area contributed by atoms with Gasteiger partial charge in [-0.2, -0.15) is 0 Å². The van der Waals surface area contributed by atoms with Crippen LogP contribution >= 0.6 is 23.2 Å². The Morgan fingerprint density at radius 3 is 2.75 bits per heavy atom. The molecule has 1 unspecified atom stereocenters. The second kappa shape index (κ2) is 4.88. The normalized spacial score (nSPS) is 20.6. The van der Waals surface area contributed by atoms with Crippen LogP contribution in [-0.2, 0) is 13.0 Å². The Morgan fingerprint density at radius 2 is 2.15 bits per heavy atom. The van der Waals surface area contributed by atoms with Gasteiger partial charge in [-0.05, 0) is 23.8 Å². The molecule has 1 aliphatic rings. The van der Waals surface area contributed by atoms with E-state index in [2.05, 4.69) is 23.4 Å². The van der Waals surface area contributed by atoms with E-state index in [-0.39, 0.29) is 5.02 Å². The third-order valence-corrected chi connectivity index (χ3v) is 4.79. The molecule has 1 fully saturated rings. The maximum atomic E-state index is 13.7. The molecular weight excluding hydrogens is 298 g/mol. The molecule has 1 aliphatic carbocycles. The van der Waals surface area contributed by atoms with Crippen LogP contribution < -0.4 is 0 Å². The predicted octanol–water partition coefficient (Wildman–Crippen LogP) is 4.66. The van der Waals surface area contributed by atoms with E-state index in [1.54, 1.807) is 6.07 Å². The summed E-state index contributed by atoms with van der Waals surface area (Å²) in [6.07, 6.45) is 1.88. The lowest BCUT2D eigenvalue weighted by Gasteiger charge is -2.10. The minimum Gasteiger partial charge on any atom is -0.328 e. The number of benzene rings is 1. The molecule has 1 aromatic carbocycles. The van der Waals surface area contributed by atoms with Gasteiger partial charge >= 0.3 is 0 Å². The number of hydrogen-bond acceptors (Lipinski definition) is 1. The summed E-state index contributed by atoms with van der Waals surface area (Å²) in [7, 11) is 0. The zero-order chi connectivity index (χ0) is 14.5. The number of hydrogen-bond donors (Lipinski definition) is 0. The molecule has 0 spiro atoms. The maximum absolute atomic E-state index is 13.7. The van der Waals surface area contributed by atoms with E-state index in [9.17, 15) is 4.39 Å². The average molecular weight is 315 g/mol. The monoisotopic (exact) mass is 314 g/mol. The highest BCUT2D eigenvalue weighted by Crippen LogP contribution is 2.52. The van der Waals surface area contributed by atoms with Crippen LogP contribution in [0.2, 0.25) is 5.02 Å². The molecule has 0 N–H and O–H groups in total. The van der Waals surface area contributed by atoms with Crippen molar-refractivity contribution in [1.29, 1.82) is 0 Å². The summed E-state index contributed by atoms with van der Waals surface area (Å²) >= 11 is 11.7. The van der Waals surface area contributed by atoms with Gasteiger partial charge in [0, 0.05) is 24.9 Å². The Kier molecular flexibility index (Phi) is 3.46. The first-order valence-electron chi connectivity index (χ1n) is 6.82. The molecule has 1 atom stereocenters. The van der Waals surface area contributed by atoms with E-state index >= 15 is 0 Å². The van der Waals surface area contributed by atoms with Crippen molar-refractivity contribution in [1.82, 2.24) is 9.55 Å². The van der Waals surface area contributed by atoms with E-state index in [4.69, 9.17) is 23.2 Å². The molecule has 0 amide bonds. The summed E-state index contributed by atoms with van der Waals surface area (Å²) in [5.41, 5.74) is 1.93. The van der Waals surface area contributed by atoms with Crippen LogP contribution in [0.1, 0.15) is 26.1 Å². The minimum atomic E-state index is -0.396. The molecule has 20 heavy (non-hydrogen) atoms. The van der Waals surface area contributed by atoms with Crippen molar-refractivity contribution < 1.29 is 4.39 Å². The Bertz CT molecular complexity index is 663. The third kappa shape index (κ3) is 2.42. The highest BCUT2D eigenvalue weighted by Gasteiger charge is 2.45. The Hall–Kier alpha value is -0.800. The number of nitrogens with zero attached hydrogens (tertiary/aromatic N) is 2. The first kappa shape index (κ1) is 14.2. The van der Waals surface area contributed by atoms with E-state index in [1.165, 1.54) is 12.5 Å². The minimum absolute atomic E-state index is 0.117. The van der Waals surface area contributed by atoms with Gasteiger partial charge in [-0.3, -0.25) is 0 Å². The van der Waals surface area contributed by atoms with Crippen LogP contribution in [-0.4, -0.2) is 15.4 Å². The fraction of sp³-hybridized carbons (Fsp3) is 0.533. The van der Waals surface area contributed by atoms with Crippen LogP contribution in [0.15, 0.2) is 12.1 Å². The fourth-order valence-corrected chi connectivity index (χ4v) is 3.08. The number of rotatable bonds is 4. The molecule has 0 aliphatic heterocycles. The molecule has 1 saturated carbocycles. The van der Waals surface area contributed by atoms with Gasteiger partial charge in [-0.1, -0.05) is 25.4 Å². The van der Waals surface area contributed by atoms with E-state index in [1.807, 2.05) is 0 Å². The van der Waals surface area contributed by atoms with Crippen LogP contribution in [0.25, 0.3) is 11.0 Å². The SMILES string of the molecule is CC1(C)CC1Cn1c(CCCl)nc2cc(Cl)c(F)cc21. The fourth-order valence-electron chi connectivity index (χ4n) is 2.76. The highest BCUT2D eigenvalue weighted by atomic mass is 35.5. The van der Waals surface area contributed by atoms with Crippen LogP contribution in [0.4, 0.5) is 4.39 Å². The molecule has 1 heterocycles. The van der Waals surface area contributed by atoms with E-state index in [0.717, 1.165) is 23.4 Å². The van der Waals surface area contributed by atoms with Crippen molar-refractivity contribution in [3.63, 3.8) is 0 Å². The molecule has 5 heteroatoms. The van der Waals surface area contributed by atoms with Crippen molar-refractivity contribution in [2.75, 3.05) is 5.88 Å². The van der Waals surface area contributed by atoms with Gasteiger partial charge in [-0.15, -0.1) is 11.6 Å². The second-order valence-corrected chi connectivity index (χ2v) is 7.01. The smallest absolute Gasteiger partial charge is 0.144 e. The summed E-state index contributed by atoms with van der Waals surface area (Å²) in [4.78, 5) is 4.56. The lowest BCUT2D eigenvalue weighted by Crippen LogP contribution is -2.08. The van der Waals surface area contributed by atoms with Gasteiger partial charge in [0.25, 0.3) is 0 Å². The topological polar surface area (TPSA) is 17.8 Å². The standard InChI is InChI=1S/C15H17Cl2FN2/c1-15(2)7-9(15)8-20-13-6-11(18)10(17)5-12(13)19-14(20)3-4-16/h5-6,9H,3-4,7-8H2,1-2H3. The number of imidazole rings is 1. The number of aryl methyl sites for hydroxylation is 1. The van der Waals surface area contributed by atoms with Crippen molar-refractivity contribution in [3.8, 4) is 0 Å². The van der Waals surface area contributed by atoms with Gasteiger partial charge in [-0.25, -0.2) is 9.37 Å². The van der Waals surface area contributed by atoms with Crippen LogP contribution in [0.5, 0.6) is 0 Å². The Balaban J connectivity index is 2.06. The molecule has 1 aromatic heterocycles. The first-order valence-corrected chi connectivity index (χ1v) is 7.74. The zero-order valence-corrected chi connectivity index (χ0v) is 13.1. The predicted molar refractivity (Wildman–Crippen MR) is 81.0 cm³/mol. The molecular formula is C15H17Cl2FN2. The largest absolute Gasteiger partial charge is 0.328 e. The van der Waals surface area contributed by atoms with Gasteiger partial charge in [0.05, 0.1) is 16.1 Å². The Morgan fingerprint density at radius 1 is 1.45 bits per heavy atom. The highest BCUT2D eigenvalue weighted by molar-refractivity contribution is 6.31. The summed E-state index contributed by atoms with van der Waals surface area (Å²) in [6, 6.07) is 3.08. The average Bonchev–Trinajstić information content (AvgIpc) is 2.84. The first-order chi connectivity index (χ1) is 9.42. The van der Waals surface area contributed by atoms with Gasteiger partial charge in [0.2, 0.25) is 0 Å². The maximum Gasteiger partial charge on any atom is 0.144 e. The molecule has 2 nitrogen and oxygen atoms in total. The van der Waals surface area contributed by atoms with Gasteiger partial charge in [0.1, 0.15) is 11.6 Å². The summed E-state index contributed by atoms with van der Waals surface area (Å²) in [5.74, 6) is 1.65. The zero-order valence-electron chi connectivity index (χ0n) is 11.6. The summed E-state index contributed by atoms with van der Waals surface area (Å²) < 4.78 is 15.8. The number of halogens is 3. The lowest BCUT2D eigenvalue weighted by molar-refractivity contribution is 0.496. The molecule has 0 radical (unpaired) electrons. The quantitative estimate of drug-likeness (QED) is 0.751. The molecule has 2 aromatic rings. The lowest BCUT2D eigenvalue weighted by atomic mass is 10.1. The van der Waals surface area contributed by atoms with Crippen LogP contribution in [0, 0.1) is 17.2 Å². The summed E-state index contributed by atoms with van der Waals surface area (Å²) in [5, 5.41) is 0.117. The third-order valence-electron chi connectivity index (χ3n) is 4.31.